The topological polar surface area (TPSA) is 26.3 Å². The molecule has 0 aromatic rings. The van der Waals surface area contributed by atoms with E-state index in [9.17, 15) is 4.79 Å². The summed E-state index contributed by atoms with van der Waals surface area (Å²) in [5, 5.41) is 0. The average Bonchev–Trinajstić information content (AvgIpc) is 1.82. The van der Waals surface area contributed by atoms with E-state index in [1.165, 1.54) is 0 Å². The van der Waals surface area contributed by atoms with Gasteiger partial charge in [-0.25, -0.2) is 0 Å². The summed E-state index contributed by atoms with van der Waals surface area (Å²) < 4.78 is 5.31. The maximum absolute atomic E-state index is 11.1. The van der Waals surface area contributed by atoms with E-state index in [-0.39, 0.29) is 17.8 Å². The van der Waals surface area contributed by atoms with E-state index < -0.39 is 0 Å². The van der Waals surface area contributed by atoms with E-state index in [0.29, 0.717) is 0 Å². The summed E-state index contributed by atoms with van der Waals surface area (Å²) >= 11 is 0. The highest BCUT2D eigenvalue weighted by Crippen LogP contribution is 2.18. The van der Waals surface area contributed by atoms with Crippen LogP contribution in [-0.4, -0.2) is 11.9 Å². The van der Waals surface area contributed by atoms with Crippen LogP contribution in [0.3, 0.4) is 0 Å². The first-order chi connectivity index (χ1) is 4.61. The standard InChI is InChI=1S/C8H12O2/c1-5-4-8(9)6(2)7(3)10-5/h4,6-7H,1-3H3. The number of rotatable bonds is 0. The lowest BCUT2D eigenvalue weighted by Crippen LogP contribution is -2.28. The van der Waals surface area contributed by atoms with E-state index >= 15 is 0 Å². The maximum Gasteiger partial charge on any atom is 0.165 e. The third-order valence-corrected chi connectivity index (χ3v) is 1.87. The van der Waals surface area contributed by atoms with Crippen LogP contribution >= 0.6 is 0 Å². The number of carbonyl (C=O) groups excluding carboxylic acids is 1. The highest BCUT2D eigenvalue weighted by Gasteiger charge is 2.24. The van der Waals surface area contributed by atoms with Crippen molar-refractivity contribution in [2.45, 2.75) is 26.9 Å². The molecule has 56 valence electrons. The largest absolute Gasteiger partial charge is 0.494 e. The van der Waals surface area contributed by atoms with E-state index in [2.05, 4.69) is 0 Å². The highest BCUT2D eigenvalue weighted by atomic mass is 16.5. The SMILES string of the molecule is CC1=CC(=O)C(C)C(C)O1. The van der Waals surface area contributed by atoms with Gasteiger partial charge in [-0.3, -0.25) is 4.79 Å². The predicted octanol–water partition coefficient (Wildman–Crippen LogP) is 1.51. The molecule has 0 bridgehead atoms. The lowest BCUT2D eigenvalue weighted by Gasteiger charge is -2.24. The van der Waals surface area contributed by atoms with Crippen LogP contribution in [-0.2, 0) is 9.53 Å². The molecule has 10 heavy (non-hydrogen) atoms. The Morgan fingerprint density at radius 2 is 2.10 bits per heavy atom. The molecular formula is C8H12O2. The van der Waals surface area contributed by atoms with Gasteiger partial charge in [-0.15, -0.1) is 0 Å². The van der Waals surface area contributed by atoms with Crippen molar-refractivity contribution >= 4 is 5.78 Å². The molecule has 1 rings (SSSR count). The van der Waals surface area contributed by atoms with Crippen molar-refractivity contribution in [1.82, 2.24) is 0 Å². The molecule has 2 unspecified atom stereocenters. The minimum absolute atomic E-state index is 0.0173. The molecule has 0 saturated heterocycles. The van der Waals surface area contributed by atoms with Gasteiger partial charge in [-0.1, -0.05) is 6.92 Å². The van der Waals surface area contributed by atoms with Crippen LogP contribution < -0.4 is 0 Å². The third kappa shape index (κ3) is 1.20. The van der Waals surface area contributed by atoms with Gasteiger partial charge >= 0.3 is 0 Å². The number of hydrogen-bond donors (Lipinski definition) is 0. The monoisotopic (exact) mass is 140 g/mol. The van der Waals surface area contributed by atoms with Gasteiger partial charge in [0.2, 0.25) is 0 Å². The highest BCUT2D eigenvalue weighted by molar-refractivity contribution is 5.92. The Bertz CT molecular complexity index is 182. The number of hydrogen-bond acceptors (Lipinski definition) is 2. The molecule has 0 spiro atoms. The van der Waals surface area contributed by atoms with Gasteiger partial charge < -0.3 is 4.74 Å². The molecule has 0 aliphatic carbocycles. The summed E-state index contributed by atoms with van der Waals surface area (Å²) in [6, 6.07) is 0. The summed E-state index contributed by atoms with van der Waals surface area (Å²) in [6.45, 7) is 5.61. The second-order valence-corrected chi connectivity index (χ2v) is 2.77. The van der Waals surface area contributed by atoms with Gasteiger partial charge in [0.15, 0.2) is 5.78 Å². The zero-order valence-electron chi connectivity index (χ0n) is 6.55. The van der Waals surface area contributed by atoms with Crippen molar-refractivity contribution in [3.05, 3.63) is 11.8 Å². The quantitative estimate of drug-likeness (QED) is 0.510. The van der Waals surface area contributed by atoms with Crippen LogP contribution in [0.2, 0.25) is 0 Å². The smallest absolute Gasteiger partial charge is 0.165 e. The molecule has 0 amide bonds. The summed E-state index contributed by atoms with van der Waals surface area (Å²) in [6.07, 6.45) is 1.60. The van der Waals surface area contributed by atoms with Crippen molar-refractivity contribution in [3.63, 3.8) is 0 Å². The third-order valence-electron chi connectivity index (χ3n) is 1.87. The molecule has 0 aromatic carbocycles. The minimum Gasteiger partial charge on any atom is -0.494 e. The Hall–Kier alpha value is -0.790. The number of carbonyl (C=O) groups is 1. The molecule has 0 fully saturated rings. The molecule has 1 heterocycles. The first kappa shape index (κ1) is 7.32. The Kier molecular flexibility index (Phi) is 1.79. The molecule has 1 aliphatic heterocycles. The summed E-state index contributed by atoms with van der Waals surface area (Å²) in [5.41, 5.74) is 0. The Labute approximate surface area is 60.9 Å². The van der Waals surface area contributed by atoms with Gasteiger partial charge in [-0.05, 0) is 13.8 Å². The fraction of sp³-hybridized carbons (Fsp3) is 0.625. The first-order valence-electron chi connectivity index (χ1n) is 3.50. The predicted molar refractivity (Wildman–Crippen MR) is 38.5 cm³/mol. The van der Waals surface area contributed by atoms with Gasteiger partial charge in [0.1, 0.15) is 6.10 Å². The van der Waals surface area contributed by atoms with Crippen LogP contribution in [0.1, 0.15) is 20.8 Å². The molecule has 0 radical (unpaired) electrons. The van der Waals surface area contributed by atoms with E-state index in [1.54, 1.807) is 13.0 Å². The van der Waals surface area contributed by atoms with Crippen molar-refractivity contribution in [3.8, 4) is 0 Å². The van der Waals surface area contributed by atoms with Gasteiger partial charge in [0.25, 0.3) is 0 Å². The first-order valence-corrected chi connectivity index (χ1v) is 3.50. The Balaban J connectivity index is 2.79. The number of allylic oxidation sites excluding steroid dienone is 2. The van der Waals surface area contributed by atoms with Crippen LogP contribution in [0.15, 0.2) is 11.8 Å². The molecule has 2 nitrogen and oxygen atoms in total. The van der Waals surface area contributed by atoms with Gasteiger partial charge in [0, 0.05) is 6.08 Å². The normalized spacial score (nSPS) is 33.1. The van der Waals surface area contributed by atoms with Crippen LogP contribution in [0.25, 0.3) is 0 Å². The summed E-state index contributed by atoms with van der Waals surface area (Å²) in [7, 11) is 0. The van der Waals surface area contributed by atoms with E-state index in [0.717, 1.165) is 5.76 Å². The second-order valence-electron chi connectivity index (χ2n) is 2.77. The summed E-state index contributed by atoms with van der Waals surface area (Å²) in [4.78, 5) is 11.1. The van der Waals surface area contributed by atoms with E-state index in [1.807, 2.05) is 13.8 Å². The lowest BCUT2D eigenvalue weighted by atomic mass is 9.98. The molecule has 2 atom stereocenters. The van der Waals surface area contributed by atoms with Crippen LogP contribution in [0.4, 0.5) is 0 Å². The Morgan fingerprint density at radius 3 is 2.60 bits per heavy atom. The van der Waals surface area contributed by atoms with Crippen molar-refractivity contribution in [2.24, 2.45) is 5.92 Å². The molecule has 0 aromatic heterocycles. The molecule has 0 saturated carbocycles. The Morgan fingerprint density at radius 1 is 1.50 bits per heavy atom. The minimum atomic E-state index is 0.0173. The molecule has 0 N–H and O–H groups in total. The summed E-state index contributed by atoms with van der Waals surface area (Å²) in [5.74, 6) is 0.926. The molecular weight excluding hydrogens is 128 g/mol. The van der Waals surface area contributed by atoms with Crippen molar-refractivity contribution < 1.29 is 9.53 Å². The van der Waals surface area contributed by atoms with Crippen LogP contribution in [0, 0.1) is 5.92 Å². The van der Waals surface area contributed by atoms with Crippen LogP contribution in [0.5, 0.6) is 0 Å². The molecule has 1 aliphatic rings. The van der Waals surface area contributed by atoms with E-state index in [4.69, 9.17) is 4.74 Å². The second kappa shape index (κ2) is 2.45. The molecule has 2 heteroatoms. The fourth-order valence-corrected chi connectivity index (χ4v) is 0.992. The van der Waals surface area contributed by atoms with Gasteiger partial charge in [-0.2, -0.15) is 0 Å². The van der Waals surface area contributed by atoms with Gasteiger partial charge in [0.05, 0.1) is 11.7 Å². The maximum atomic E-state index is 11.1. The van der Waals surface area contributed by atoms with Crippen molar-refractivity contribution in [1.29, 1.82) is 0 Å². The zero-order valence-corrected chi connectivity index (χ0v) is 6.55. The fourth-order valence-electron chi connectivity index (χ4n) is 0.992. The zero-order chi connectivity index (χ0) is 7.72. The average molecular weight is 140 g/mol. The lowest BCUT2D eigenvalue weighted by molar-refractivity contribution is -0.123. The number of ether oxygens (including phenoxy) is 1. The van der Waals surface area contributed by atoms with Crippen molar-refractivity contribution in [2.75, 3.05) is 0 Å². The number of ketones is 1.